The Morgan fingerprint density at radius 2 is 2.29 bits per heavy atom. The average molecular weight is 197 g/mol. The molecule has 0 fully saturated rings. The van der Waals surface area contributed by atoms with Crippen molar-refractivity contribution in [2.24, 2.45) is 0 Å². The van der Waals surface area contributed by atoms with Gasteiger partial charge in [-0.15, -0.1) is 0 Å². The fourth-order valence-corrected chi connectivity index (χ4v) is 1.49. The maximum atomic E-state index is 11.6. The van der Waals surface area contributed by atoms with E-state index in [0.29, 0.717) is 6.61 Å². The molecule has 4 nitrogen and oxygen atoms in total. The van der Waals surface area contributed by atoms with E-state index in [1.165, 1.54) is 12.2 Å². The van der Waals surface area contributed by atoms with Crippen molar-refractivity contribution in [3.05, 3.63) is 24.3 Å². The van der Waals surface area contributed by atoms with E-state index < -0.39 is 17.7 Å². The first-order valence-corrected chi connectivity index (χ1v) is 4.48. The van der Waals surface area contributed by atoms with E-state index in [-0.39, 0.29) is 6.42 Å². The Kier molecular flexibility index (Phi) is 3.43. The van der Waals surface area contributed by atoms with Gasteiger partial charge in [0, 0.05) is 6.61 Å². The summed E-state index contributed by atoms with van der Waals surface area (Å²) in [5, 5.41) is 20.3. The Morgan fingerprint density at radius 3 is 2.79 bits per heavy atom. The Hall–Kier alpha value is -1.13. The van der Waals surface area contributed by atoms with E-state index in [9.17, 15) is 9.90 Å². The van der Waals surface area contributed by atoms with Crippen LogP contribution in [0.5, 0.6) is 0 Å². The Bertz CT molecular complexity index is 269. The van der Waals surface area contributed by atoms with Gasteiger partial charge in [0.2, 0.25) is 0 Å². The van der Waals surface area contributed by atoms with E-state index in [4.69, 9.17) is 9.84 Å². The Labute approximate surface area is 82.5 Å². The fraction of sp³-hybridized carbons (Fsp3) is 0.500. The molecule has 0 aromatic rings. The van der Waals surface area contributed by atoms with Crippen molar-refractivity contribution in [2.75, 3.05) is 6.61 Å². The molecule has 1 rings (SSSR count). The quantitative estimate of drug-likeness (QED) is 0.735. The number of carboxylic acids is 1. The number of ether oxygens (including phenoxy) is 1. The zero-order valence-electron chi connectivity index (χ0n) is 7.97. The summed E-state index contributed by atoms with van der Waals surface area (Å²) in [4.78, 5) is 10.6. The zero-order chi connectivity index (χ0) is 10.6. The van der Waals surface area contributed by atoms with Gasteiger partial charge in [0.25, 0.3) is 0 Å². The van der Waals surface area contributed by atoms with Gasteiger partial charge in [-0.25, -0.2) is 5.11 Å². The molecule has 0 aliphatic heterocycles. The predicted molar refractivity (Wildman–Crippen MR) is 49.4 cm³/mol. The van der Waals surface area contributed by atoms with Crippen LogP contribution in [0, 0.1) is 0 Å². The maximum Gasteiger partial charge on any atom is 0.306 e. The summed E-state index contributed by atoms with van der Waals surface area (Å²) < 4.78 is 5.26. The molecule has 1 aliphatic carbocycles. The Morgan fingerprint density at radius 1 is 1.57 bits per heavy atom. The largest absolute Gasteiger partial charge is 0.481 e. The van der Waals surface area contributed by atoms with Crippen molar-refractivity contribution in [1.82, 2.24) is 0 Å². The van der Waals surface area contributed by atoms with E-state index in [1.807, 2.05) is 0 Å². The summed E-state index contributed by atoms with van der Waals surface area (Å²) in [5.41, 5.74) is -1.21. The first-order chi connectivity index (χ1) is 6.60. The van der Waals surface area contributed by atoms with Gasteiger partial charge in [-0.3, -0.25) is 4.79 Å². The Balaban J connectivity index is 2.85. The van der Waals surface area contributed by atoms with Crippen LogP contribution in [0.3, 0.4) is 0 Å². The summed E-state index contributed by atoms with van der Waals surface area (Å²) in [6, 6.07) is 0. The van der Waals surface area contributed by atoms with Crippen molar-refractivity contribution >= 4 is 5.97 Å². The van der Waals surface area contributed by atoms with Gasteiger partial charge in [-0.2, -0.15) is 0 Å². The lowest BCUT2D eigenvalue weighted by Gasteiger charge is -2.32. The van der Waals surface area contributed by atoms with Crippen LogP contribution < -0.4 is 0 Å². The summed E-state index contributed by atoms with van der Waals surface area (Å²) in [5.74, 6) is -1.03. The van der Waals surface area contributed by atoms with Gasteiger partial charge < -0.3 is 9.84 Å². The molecule has 77 valence electrons. The summed E-state index contributed by atoms with van der Waals surface area (Å²) in [6.45, 7) is 2.06. The first kappa shape index (κ1) is 10.9. The van der Waals surface area contributed by atoms with Gasteiger partial charge in [0.15, 0.2) is 0 Å². The van der Waals surface area contributed by atoms with Crippen molar-refractivity contribution in [3.63, 3.8) is 0 Å². The fourth-order valence-electron chi connectivity index (χ4n) is 1.49. The van der Waals surface area contributed by atoms with Gasteiger partial charge in [-0.1, -0.05) is 12.2 Å². The number of hydrogen-bond acceptors (Lipinski definition) is 2. The van der Waals surface area contributed by atoms with Gasteiger partial charge in [-0.05, 0) is 19.1 Å². The van der Waals surface area contributed by atoms with Crippen LogP contribution in [0.2, 0.25) is 0 Å². The molecule has 0 spiro atoms. The van der Waals surface area contributed by atoms with Crippen LogP contribution in [0.25, 0.3) is 0 Å². The minimum atomic E-state index is -1.21. The molecule has 0 saturated heterocycles. The third-order valence-electron chi connectivity index (χ3n) is 2.10. The maximum absolute atomic E-state index is 11.6. The van der Waals surface area contributed by atoms with Crippen LogP contribution in [-0.2, 0) is 14.6 Å². The lowest BCUT2D eigenvalue weighted by atomic mass is 9.88. The van der Waals surface area contributed by atoms with E-state index in [1.54, 1.807) is 19.1 Å². The molecule has 1 radical (unpaired) electrons. The number of allylic oxidation sites excluding steroid dienone is 2. The molecule has 0 saturated carbocycles. The highest BCUT2D eigenvalue weighted by Gasteiger charge is 2.39. The molecule has 0 aromatic heterocycles. The molecule has 4 heteroatoms. The second-order valence-electron chi connectivity index (χ2n) is 3.12. The predicted octanol–water partition coefficient (Wildman–Crippen LogP) is 1.16. The van der Waals surface area contributed by atoms with Gasteiger partial charge in [0.1, 0.15) is 11.7 Å². The molecule has 14 heavy (non-hydrogen) atoms. The molecule has 1 N–H and O–H groups in total. The minimum absolute atomic E-state index is 0.296. The van der Waals surface area contributed by atoms with Crippen LogP contribution in [-0.4, -0.2) is 29.4 Å². The number of rotatable bonds is 4. The average Bonchev–Trinajstić information content (AvgIpc) is 2.09. The molecule has 0 bridgehead atoms. The lowest BCUT2D eigenvalue weighted by molar-refractivity contribution is -0.151. The van der Waals surface area contributed by atoms with E-state index in [0.717, 1.165) is 0 Å². The molecule has 2 atom stereocenters. The number of carbonyl (C=O) groups is 1. The van der Waals surface area contributed by atoms with E-state index >= 15 is 0 Å². The highest BCUT2D eigenvalue weighted by Crippen LogP contribution is 2.27. The molecule has 0 amide bonds. The van der Waals surface area contributed by atoms with E-state index in [2.05, 4.69) is 0 Å². The molecule has 2 unspecified atom stereocenters. The summed E-state index contributed by atoms with van der Waals surface area (Å²) in [6.07, 6.45) is 4.75. The van der Waals surface area contributed by atoms with Gasteiger partial charge in [0.05, 0.1) is 6.42 Å². The normalized spacial score (nSPS) is 30.6. The van der Waals surface area contributed by atoms with Crippen molar-refractivity contribution in [3.8, 4) is 0 Å². The number of hydrogen-bond donors (Lipinski definition) is 1. The third-order valence-corrected chi connectivity index (χ3v) is 2.10. The third kappa shape index (κ3) is 2.21. The van der Waals surface area contributed by atoms with Crippen molar-refractivity contribution in [2.45, 2.75) is 25.0 Å². The van der Waals surface area contributed by atoms with Crippen molar-refractivity contribution in [1.29, 1.82) is 0 Å². The second kappa shape index (κ2) is 4.39. The van der Waals surface area contributed by atoms with Gasteiger partial charge >= 0.3 is 5.97 Å². The summed E-state index contributed by atoms with van der Waals surface area (Å²) >= 11 is 0. The topological polar surface area (TPSA) is 66.4 Å². The minimum Gasteiger partial charge on any atom is -0.481 e. The molecular weight excluding hydrogens is 184 g/mol. The molecule has 1 aliphatic rings. The SMILES string of the molecule is CCOC1(CC(=O)O)C=CC=CC1[O]. The van der Waals surface area contributed by atoms with Crippen LogP contribution in [0.1, 0.15) is 13.3 Å². The monoisotopic (exact) mass is 197 g/mol. The number of carboxylic acid groups (broad SMARTS) is 1. The lowest BCUT2D eigenvalue weighted by Crippen LogP contribution is -2.44. The number of aliphatic carboxylic acids is 1. The molecule has 0 heterocycles. The molecule has 0 aromatic carbocycles. The second-order valence-corrected chi connectivity index (χ2v) is 3.12. The van der Waals surface area contributed by atoms with Crippen LogP contribution in [0.15, 0.2) is 24.3 Å². The summed E-state index contributed by atoms with van der Waals surface area (Å²) in [7, 11) is 0. The standard InChI is InChI=1S/C10H13O4/c1-2-14-10(7-9(12)13)6-4-3-5-8(10)11/h3-6,8H,2,7H2,1H3,(H,12,13). The van der Waals surface area contributed by atoms with Crippen LogP contribution in [0.4, 0.5) is 0 Å². The highest BCUT2D eigenvalue weighted by atomic mass is 16.5. The zero-order valence-corrected chi connectivity index (χ0v) is 7.97. The smallest absolute Gasteiger partial charge is 0.306 e. The first-order valence-electron chi connectivity index (χ1n) is 4.48. The van der Waals surface area contributed by atoms with Crippen LogP contribution >= 0.6 is 0 Å². The van der Waals surface area contributed by atoms with Crippen molar-refractivity contribution < 1.29 is 19.7 Å². The molecular formula is C10H13O4. The highest BCUT2D eigenvalue weighted by molar-refractivity contribution is 5.69.